The molecule has 2 rings (SSSR count). The molecule has 0 atom stereocenters. The Bertz CT molecular complexity index is 459. The SMILES string of the molecule is COc1cccc(NC(=O)N2CCC(OCCN)CC2)c1. The van der Waals surface area contributed by atoms with Crippen molar-refractivity contribution in [1.29, 1.82) is 0 Å². The molecule has 21 heavy (non-hydrogen) atoms. The zero-order valence-electron chi connectivity index (χ0n) is 12.4. The lowest BCUT2D eigenvalue weighted by Gasteiger charge is -2.31. The molecule has 116 valence electrons. The van der Waals surface area contributed by atoms with Gasteiger partial charge in [-0.15, -0.1) is 0 Å². The van der Waals surface area contributed by atoms with Crippen molar-refractivity contribution in [1.82, 2.24) is 4.90 Å². The summed E-state index contributed by atoms with van der Waals surface area (Å²) in [5, 5.41) is 2.89. The van der Waals surface area contributed by atoms with E-state index in [0.29, 0.717) is 26.2 Å². The molecule has 1 aliphatic rings. The van der Waals surface area contributed by atoms with Crippen molar-refractivity contribution >= 4 is 11.7 Å². The first-order valence-electron chi connectivity index (χ1n) is 7.24. The molecule has 1 aliphatic heterocycles. The van der Waals surface area contributed by atoms with Gasteiger partial charge in [0.15, 0.2) is 0 Å². The van der Waals surface area contributed by atoms with Gasteiger partial charge in [-0.25, -0.2) is 4.79 Å². The van der Waals surface area contributed by atoms with Gasteiger partial charge in [0.05, 0.1) is 19.8 Å². The highest BCUT2D eigenvalue weighted by Gasteiger charge is 2.23. The molecule has 3 N–H and O–H groups in total. The summed E-state index contributed by atoms with van der Waals surface area (Å²) in [6, 6.07) is 7.25. The minimum absolute atomic E-state index is 0.0828. The van der Waals surface area contributed by atoms with Crippen LogP contribution < -0.4 is 15.8 Å². The van der Waals surface area contributed by atoms with E-state index in [1.807, 2.05) is 23.1 Å². The molecule has 1 aromatic rings. The molecule has 6 nitrogen and oxygen atoms in total. The quantitative estimate of drug-likeness (QED) is 0.865. The number of hydrogen-bond acceptors (Lipinski definition) is 4. The first-order valence-corrected chi connectivity index (χ1v) is 7.24. The minimum Gasteiger partial charge on any atom is -0.497 e. The number of rotatable bonds is 5. The second-order valence-corrected chi connectivity index (χ2v) is 5.01. The predicted octanol–water partition coefficient (Wildman–Crippen LogP) is 1.67. The number of anilines is 1. The third kappa shape index (κ3) is 4.61. The van der Waals surface area contributed by atoms with Crippen LogP contribution >= 0.6 is 0 Å². The lowest BCUT2D eigenvalue weighted by molar-refractivity contribution is 0.0201. The Labute approximate surface area is 125 Å². The monoisotopic (exact) mass is 293 g/mol. The van der Waals surface area contributed by atoms with Gasteiger partial charge in [0, 0.05) is 31.4 Å². The summed E-state index contributed by atoms with van der Waals surface area (Å²) in [4.78, 5) is 14.0. The summed E-state index contributed by atoms with van der Waals surface area (Å²) in [6.45, 7) is 2.52. The lowest BCUT2D eigenvalue weighted by Crippen LogP contribution is -2.43. The van der Waals surface area contributed by atoms with E-state index in [1.165, 1.54) is 0 Å². The molecule has 0 unspecified atom stereocenters. The third-order valence-electron chi connectivity index (χ3n) is 3.52. The summed E-state index contributed by atoms with van der Waals surface area (Å²) >= 11 is 0. The summed E-state index contributed by atoms with van der Waals surface area (Å²) in [7, 11) is 1.60. The number of carbonyl (C=O) groups is 1. The van der Waals surface area contributed by atoms with Crippen molar-refractivity contribution in [2.75, 3.05) is 38.7 Å². The van der Waals surface area contributed by atoms with Crippen molar-refractivity contribution in [2.24, 2.45) is 5.73 Å². The Kier molecular flexibility index (Phi) is 5.83. The standard InChI is InChI=1S/C15H23N3O3/c1-20-14-4-2-3-12(11-14)17-15(19)18-8-5-13(6-9-18)21-10-7-16/h2-4,11,13H,5-10,16H2,1H3,(H,17,19). The van der Waals surface area contributed by atoms with E-state index < -0.39 is 0 Å². The van der Waals surface area contributed by atoms with E-state index in [9.17, 15) is 4.79 Å². The van der Waals surface area contributed by atoms with E-state index >= 15 is 0 Å². The minimum atomic E-state index is -0.0828. The van der Waals surface area contributed by atoms with Gasteiger partial charge in [-0.05, 0) is 25.0 Å². The van der Waals surface area contributed by atoms with Crippen LogP contribution in [0.25, 0.3) is 0 Å². The molecule has 0 radical (unpaired) electrons. The largest absolute Gasteiger partial charge is 0.497 e. The fourth-order valence-corrected chi connectivity index (χ4v) is 2.36. The van der Waals surface area contributed by atoms with Gasteiger partial charge in [-0.1, -0.05) is 6.07 Å². The number of amides is 2. The van der Waals surface area contributed by atoms with Crippen LogP contribution in [0.1, 0.15) is 12.8 Å². The number of nitrogens with one attached hydrogen (secondary N) is 1. The summed E-state index contributed by atoms with van der Waals surface area (Å²) < 4.78 is 10.8. The highest BCUT2D eigenvalue weighted by molar-refractivity contribution is 5.89. The average Bonchev–Trinajstić information content (AvgIpc) is 2.53. The Morgan fingerprint density at radius 2 is 2.19 bits per heavy atom. The molecule has 0 aromatic heterocycles. The molecule has 0 bridgehead atoms. The van der Waals surface area contributed by atoms with Crippen LogP contribution in [0.2, 0.25) is 0 Å². The van der Waals surface area contributed by atoms with Gasteiger partial charge in [0.2, 0.25) is 0 Å². The lowest BCUT2D eigenvalue weighted by atomic mass is 10.1. The molecular weight excluding hydrogens is 270 g/mol. The number of nitrogens with zero attached hydrogens (tertiary/aromatic N) is 1. The number of carbonyl (C=O) groups excluding carboxylic acids is 1. The van der Waals surface area contributed by atoms with Gasteiger partial charge >= 0.3 is 6.03 Å². The topological polar surface area (TPSA) is 76.8 Å². The van der Waals surface area contributed by atoms with Crippen molar-refractivity contribution in [3.8, 4) is 5.75 Å². The molecule has 0 saturated carbocycles. The van der Waals surface area contributed by atoms with Gasteiger partial charge in [0.25, 0.3) is 0 Å². The number of piperidine rings is 1. The average molecular weight is 293 g/mol. The smallest absolute Gasteiger partial charge is 0.321 e. The van der Waals surface area contributed by atoms with Gasteiger partial charge in [-0.2, -0.15) is 0 Å². The maximum atomic E-state index is 12.2. The zero-order valence-corrected chi connectivity index (χ0v) is 12.4. The van der Waals surface area contributed by atoms with E-state index in [0.717, 1.165) is 24.3 Å². The van der Waals surface area contributed by atoms with Crippen molar-refractivity contribution in [3.05, 3.63) is 24.3 Å². The molecular formula is C15H23N3O3. The fourth-order valence-electron chi connectivity index (χ4n) is 2.36. The number of benzene rings is 1. The highest BCUT2D eigenvalue weighted by atomic mass is 16.5. The number of methoxy groups -OCH3 is 1. The second-order valence-electron chi connectivity index (χ2n) is 5.01. The molecule has 0 aliphatic carbocycles. The van der Waals surface area contributed by atoms with Crippen LogP contribution in [-0.4, -0.2) is 50.4 Å². The van der Waals surface area contributed by atoms with Gasteiger partial charge in [-0.3, -0.25) is 0 Å². The number of likely N-dealkylation sites (tertiary alicyclic amines) is 1. The third-order valence-corrected chi connectivity index (χ3v) is 3.52. The fraction of sp³-hybridized carbons (Fsp3) is 0.533. The maximum Gasteiger partial charge on any atom is 0.321 e. The van der Waals surface area contributed by atoms with Gasteiger partial charge < -0.3 is 25.4 Å². The van der Waals surface area contributed by atoms with Crippen LogP contribution in [0.4, 0.5) is 10.5 Å². The summed E-state index contributed by atoms with van der Waals surface area (Å²) in [5.41, 5.74) is 6.16. The van der Waals surface area contributed by atoms with Crippen molar-refractivity contribution < 1.29 is 14.3 Å². The number of urea groups is 1. The highest BCUT2D eigenvalue weighted by Crippen LogP contribution is 2.19. The zero-order chi connectivity index (χ0) is 15.1. The number of ether oxygens (including phenoxy) is 2. The van der Waals surface area contributed by atoms with Crippen molar-refractivity contribution in [3.63, 3.8) is 0 Å². The van der Waals surface area contributed by atoms with Crippen molar-refractivity contribution in [2.45, 2.75) is 18.9 Å². The summed E-state index contributed by atoms with van der Waals surface area (Å²) in [6.07, 6.45) is 1.92. The van der Waals surface area contributed by atoms with E-state index in [1.54, 1.807) is 13.2 Å². The molecule has 1 aromatic carbocycles. The Balaban J connectivity index is 1.81. The molecule has 6 heteroatoms. The molecule has 1 fully saturated rings. The summed E-state index contributed by atoms with van der Waals surface area (Å²) in [5.74, 6) is 0.724. The first-order chi connectivity index (χ1) is 10.2. The van der Waals surface area contributed by atoms with Crippen LogP contribution in [-0.2, 0) is 4.74 Å². The Morgan fingerprint density at radius 1 is 1.43 bits per heavy atom. The maximum absolute atomic E-state index is 12.2. The van der Waals surface area contributed by atoms with E-state index in [4.69, 9.17) is 15.2 Å². The molecule has 2 amide bonds. The first kappa shape index (κ1) is 15.6. The van der Waals surface area contributed by atoms with Crippen LogP contribution in [0.5, 0.6) is 5.75 Å². The molecule has 0 spiro atoms. The molecule has 1 saturated heterocycles. The van der Waals surface area contributed by atoms with E-state index in [2.05, 4.69) is 5.32 Å². The van der Waals surface area contributed by atoms with Gasteiger partial charge in [0.1, 0.15) is 5.75 Å². The Morgan fingerprint density at radius 3 is 2.86 bits per heavy atom. The van der Waals surface area contributed by atoms with Crippen LogP contribution in [0, 0.1) is 0 Å². The van der Waals surface area contributed by atoms with E-state index in [-0.39, 0.29) is 12.1 Å². The normalized spacial score (nSPS) is 15.8. The Hall–Kier alpha value is -1.79. The predicted molar refractivity (Wildman–Crippen MR) is 81.6 cm³/mol. The molecule has 1 heterocycles. The second kappa shape index (κ2) is 7.85. The van der Waals surface area contributed by atoms with Crippen LogP contribution in [0.15, 0.2) is 24.3 Å². The number of hydrogen-bond donors (Lipinski definition) is 2. The number of nitrogens with two attached hydrogens (primary N) is 1. The van der Waals surface area contributed by atoms with Crippen LogP contribution in [0.3, 0.4) is 0 Å².